The van der Waals surface area contributed by atoms with Crippen molar-refractivity contribution in [2.75, 3.05) is 26.7 Å². The molecule has 0 saturated carbocycles. The maximum atomic E-state index is 9.43. The molecule has 0 fully saturated rings. The van der Waals surface area contributed by atoms with E-state index in [-0.39, 0.29) is 5.75 Å². The number of nitrogens with one attached hydrogen (secondary N) is 3. The molecule has 1 aromatic carbocycles. The molecule has 1 rings (SSSR count). The Kier molecular flexibility index (Phi) is 6.46. The van der Waals surface area contributed by atoms with E-state index < -0.39 is 0 Å². The van der Waals surface area contributed by atoms with Crippen LogP contribution < -0.4 is 15.4 Å². The van der Waals surface area contributed by atoms with Gasteiger partial charge in [-0.1, -0.05) is 0 Å². The molecule has 0 aliphatic rings. The van der Waals surface area contributed by atoms with Gasteiger partial charge in [0.15, 0.2) is 0 Å². The third kappa shape index (κ3) is 5.92. The number of hydrogen-bond donors (Lipinski definition) is 4. The second kappa shape index (κ2) is 8.16. The molecule has 0 radical (unpaired) electrons. The summed E-state index contributed by atoms with van der Waals surface area (Å²) in [6, 6.07) is 5.13. The Balaban J connectivity index is 2.35. The molecular formula is C14H21N3O2. The summed E-state index contributed by atoms with van der Waals surface area (Å²) in [4.78, 5) is 0. The first-order chi connectivity index (χ1) is 9.15. The van der Waals surface area contributed by atoms with Gasteiger partial charge in [-0.15, -0.1) is 0 Å². The molecule has 0 bridgehead atoms. The standard InChI is InChI=1S/C14H21N3O2/c1-11-7-13(18)9-14(8-11)19-6-5-17-12(10-15)3-4-16-2/h3,7-10,15-18H,4-6H2,1-2H3/b12-3+,15-10?. The third-order valence-electron chi connectivity index (χ3n) is 2.42. The summed E-state index contributed by atoms with van der Waals surface area (Å²) >= 11 is 0. The molecule has 0 spiro atoms. The lowest BCUT2D eigenvalue weighted by molar-refractivity contribution is 0.317. The van der Waals surface area contributed by atoms with Crippen LogP contribution in [0.25, 0.3) is 0 Å². The first-order valence-corrected chi connectivity index (χ1v) is 6.18. The highest BCUT2D eigenvalue weighted by atomic mass is 16.5. The van der Waals surface area contributed by atoms with Crippen molar-refractivity contribution >= 4 is 6.21 Å². The Hall–Kier alpha value is -2.01. The molecule has 0 atom stereocenters. The summed E-state index contributed by atoms with van der Waals surface area (Å²) in [5.41, 5.74) is 1.71. The number of phenolic OH excluding ortho intramolecular Hbond substituents is 1. The minimum Gasteiger partial charge on any atom is -0.508 e. The van der Waals surface area contributed by atoms with Gasteiger partial charge >= 0.3 is 0 Å². The third-order valence-corrected chi connectivity index (χ3v) is 2.42. The molecule has 19 heavy (non-hydrogen) atoms. The summed E-state index contributed by atoms with van der Waals surface area (Å²) < 4.78 is 5.53. The summed E-state index contributed by atoms with van der Waals surface area (Å²) in [6.07, 6.45) is 3.17. The molecule has 5 heteroatoms. The lowest BCUT2D eigenvalue weighted by Gasteiger charge is -2.10. The van der Waals surface area contributed by atoms with Crippen LogP contribution in [0, 0.1) is 12.3 Å². The molecule has 4 N–H and O–H groups in total. The van der Waals surface area contributed by atoms with Gasteiger partial charge in [0.2, 0.25) is 0 Å². The van der Waals surface area contributed by atoms with E-state index in [1.807, 2.05) is 26.1 Å². The zero-order valence-corrected chi connectivity index (χ0v) is 11.4. The van der Waals surface area contributed by atoms with Gasteiger partial charge in [0, 0.05) is 31.1 Å². The van der Waals surface area contributed by atoms with E-state index in [9.17, 15) is 5.11 Å². The van der Waals surface area contributed by atoms with Crippen LogP contribution in [-0.2, 0) is 0 Å². The number of aryl methyl sites for hydroxylation is 1. The molecule has 0 aliphatic heterocycles. The number of phenols is 1. The number of ether oxygens (including phenoxy) is 1. The largest absolute Gasteiger partial charge is 0.508 e. The van der Waals surface area contributed by atoms with Crippen molar-refractivity contribution in [3.63, 3.8) is 0 Å². The van der Waals surface area contributed by atoms with E-state index in [2.05, 4.69) is 10.6 Å². The zero-order chi connectivity index (χ0) is 14.1. The Morgan fingerprint density at radius 2 is 2.21 bits per heavy atom. The zero-order valence-electron chi connectivity index (χ0n) is 11.4. The highest BCUT2D eigenvalue weighted by molar-refractivity contribution is 5.74. The number of rotatable bonds is 8. The Labute approximate surface area is 113 Å². The lowest BCUT2D eigenvalue weighted by Crippen LogP contribution is -2.22. The van der Waals surface area contributed by atoms with Crippen LogP contribution in [0.1, 0.15) is 5.56 Å². The predicted molar refractivity (Wildman–Crippen MR) is 77.1 cm³/mol. The van der Waals surface area contributed by atoms with Crippen LogP contribution in [0.3, 0.4) is 0 Å². The van der Waals surface area contributed by atoms with Crippen molar-refractivity contribution in [3.8, 4) is 11.5 Å². The maximum Gasteiger partial charge on any atom is 0.123 e. The van der Waals surface area contributed by atoms with E-state index in [0.29, 0.717) is 25.4 Å². The summed E-state index contributed by atoms with van der Waals surface area (Å²) in [6.45, 7) is 3.68. The first kappa shape index (κ1) is 15.0. The fourth-order valence-corrected chi connectivity index (χ4v) is 1.57. The van der Waals surface area contributed by atoms with Crippen molar-refractivity contribution in [2.24, 2.45) is 0 Å². The average molecular weight is 263 g/mol. The van der Waals surface area contributed by atoms with Gasteiger partial charge in [-0.2, -0.15) is 0 Å². The first-order valence-electron chi connectivity index (χ1n) is 6.18. The minimum atomic E-state index is 0.206. The van der Waals surface area contributed by atoms with Crippen LogP contribution in [0.5, 0.6) is 11.5 Å². The summed E-state index contributed by atoms with van der Waals surface area (Å²) in [7, 11) is 1.85. The molecule has 0 heterocycles. The Morgan fingerprint density at radius 1 is 1.42 bits per heavy atom. The topological polar surface area (TPSA) is 77.4 Å². The van der Waals surface area contributed by atoms with Crippen molar-refractivity contribution in [1.82, 2.24) is 10.6 Å². The van der Waals surface area contributed by atoms with E-state index in [1.165, 1.54) is 6.21 Å². The smallest absolute Gasteiger partial charge is 0.123 e. The maximum absolute atomic E-state index is 9.43. The van der Waals surface area contributed by atoms with Gasteiger partial charge in [0.05, 0.1) is 0 Å². The fourth-order valence-electron chi connectivity index (χ4n) is 1.57. The van der Waals surface area contributed by atoms with Crippen LogP contribution in [-0.4, -0.2) is 38.1 Å². The average Bonchev–Trinajstić information content (AvgIpc) is 2.37. The van der Waals surface area contributed by atoms with Crippen LogP contribution >= 0.6 is 0 Å². The van der Waals surface area contributed by atoms with E-state index in [4.69, 9.17) is 10.1 Å². The highest BCUT2D eigenvalue weighted by Gasteiger charge is 1.98. The summed E-state index contributed by atoms with van der Waals surface area (Å²) in [5, 5.41) is 22.7. The normalized spacial score (nSPS) is 11.2. The predicted octanol–water partition coefficient (Wildman–Crippen LogP) is 1.42. The van der Waals surface area contributed by atoms with Gasteiger partial charge < -0.3 is 25.9 Å². The van der Waals surface area contributed by atoms with E-state index in [0.717, 1.165) is 11.3 Å². The Bertz CT molecular complexity index is 424. The minimum absolute atomic E-state index is 0.206. The van der Waals surface area contributed by atoms with Crippen molar-refractivity contribution < 1.29 is 9.84 Å². The monoisotopic (exact) mass is 263 g/mol. The van der Waals surface area contributed by atoms with Gasteiger partial charge in [-0.3, -0.25) is 0 Å². The second-order valence-corrected chi connectivity index (χ2v) is 4.14. The molecule has 0 aromatic heterocycles. The van der Waals surface area contributed by atoms with Gasteiger partial charge in [-0.25, -0.2) is 0 Å². The van der Waals surface area contributed by atoms with Gasteiger partial charge in [0.1, 0.15) is 18.1 Å². The Morgan fingerprint density at radius 3 is 2.84 bits per heavy atom. The van der Waals surface area contributed by atoms with Crippen molar-refractivity contribution in [2.45, 2.75) is 6.92 Å². The molecule has 0 aliphatic carbocycles. The number of aromatic hydroxyl groups is 1. The molecule has 5 nitrogen and oxygen atoms in total. The lowest BCUT2D eigenvalue weighted by atomic mass is 10.2. The molecule has 0 unspecified atom stereocenters. The number of benzene rings is 1. The second-order valence-electron chi connectivity index (χ2n) is 4.14. The van der Waals surface area contributed by atoms with E-state index in [1.54, 1.807) is 12.1 Å². The number of allylic oxidation sites excluding steroid dienone is 1. The van der Waals surface area contributed by atoms with Gasteiger partial charge in [-0.05, 0) is 37.7 Å². The molecular weight excluding hydrogens is 242 g/mol. The summed E-state index contributed by atoms with van der Waals surface area (Å²) in [5.74, 6) is 0.854. The molecule has 1 aromatic rings. The van der Waals surface area contributed by atoms with Crippen LogP contribution in [0.4, 0.5) is 0 Å². The quantitative estimate of drug-likeness (QED) is 0.422. The van der Waals surface area contributed by atoms with Crippen molar-refractivity contribution in [1.29, 1.82) is 5.41 Å². The molecule has 104 valence electrons. The van der Waals surface area contributed by atoms with Gasteiger partial charge in [0.25, 0.3) is 0 Å². The van der Waals surface area contributed by atoms with Crippen LogP contribution in [0.2, 0.25) is 0 Å². The SMILES string of the molecule is CNC/C=C(\C=N)NCCOc1cc(C)cc(O)c1. The van der Waals surface area contributed by atoms with Crippen LogP contribution in [0.15, 0.2) is 30.0 Å². The fraction of sp³-hybridized carbons (Fsp3) is 0.357. The van der Waals surface area contributed by atoms with Crippen molar-refractivity contribution in [3.05, 3.63) is 35.5 Å². The highest BCUT2D eigenvalue weighted by Crippen LogP contribution is 2.20. The molecule has 0 amide bonds. The molecule has 0 saturated heterocycles. The van der Waals surface area contributed by atoms with E-state index >= 15 is 0 Å². The number of hydrogen-bond acceptors (Lipinski definition) is 5. The number of likely N-dealkylation sites (N-methyl/N-ethyl adjacent to an activating group) is 1.